The number of nitrogens with zero attached hydrogens (tertiary/aromatic N) is 4. The summed E-state index contributed by atoms with van der Waals surface area (Å²) >= 11 is 5.98. The molecule has 98 valence electrons. The highest BCUT2D eigenvalue weighted by molar-refractivity contribution is 6.18. The molecule has 1 atom stereocenters. The van der Waals surface area contributed by atoms with Crippen LogP contribution in [0.5, 0.6) is 0 Å². The number of anilines is 1. The lowest BCUT2D eigenvalue weighted by Crippen LogP contribution is -2.24. The van der Waals surface area contributed by atoms with Crippen LogP contribution >= 0.6 is 11.6 Å². The van der Waals surface area contributed by atoms with E-state index in [1.807, 2.05) is 17.5 Å². The molecule has 0 aliphatic rings. The minimum Gasteiger partial charge on any atom is -0.363 e. The third-order valence-corrected chi connectivity index (χ3v) is 3.15. The van der Waals surface area contributed by atoms with Gasteiger partial charge < -0.3 is 5.32 Å². The minimum absolute atomic E-state index is 0.197. The van der Waals surface area contributed by atoms with E-state index in [0.29, 0.717) is 11.8 Å². The van der Waals surface area contributed by atoms with Crippen LogP contribution in [0.25, 0.3) is 5.65 Å². The zero-order valence-electron chi connectivity index (χ0n) is 10.9. The highest BCUT2D eigenvalue weighted by atomic mass is 35.5. The standard InChI is InChI=1S/C12H18ClN5/c1-8(2)6-10(7-13)15-11-12-17-16-9(3)18(12)5-4-14-11/h4-5,8,10H,6-7H2,1-3H3,(H,14,15). The summed E-state index contributed by atoms with van der Waals surface area (Å²) in [6.07, 6.45) is 4.60. The smallest absolute Gasteiger partial charge is 0.203 e. The van der Waals surface area contributed by atoms with E-state index in [-0.39, 0.29) is 6.04 Å². The van der Waals surface area contributed by atoms with Crippen LogP contribution in [0.2, 0.25) is 0 Å². The molecule has 1 unspecified atom stereocenters. The summed E-state index contributed by atoms with van der Waals surface area (Å²) in [6.45, 7) is 6.27. The van der Waals surface area contributed by atoms with Gasteiger partial charge in [-0.3, -0.25) is 4.40 Å². The maximum Gasteiger partial charge on any atom is 0.203 e. The largest absolute Gasteiger partial charge is 0.363 e. The molecule has 0 aliphatic carbocycles. The average molecular weight is 268 g/mol. The van der Waals surface area contributed by atoms with Gasteiger partial charge in [0.15, 0.2) is 5.82 Å². The van der Waals surface area contributed by atoms with E-state index in [1.54, 1.807) is 6.20 Å². The molecule has 1 N–H and O–H groups in total. The Balaban J connectivity index is 2.25. The highest BCUT2D eigenvalue weighted by Crippen LogP contribution is 2.16. The summed E-state index contributed by atoms with van der Waals surface area (Å²) in [4.78, 5) is 4.32. The first kappa shape index (κ1) is 13.1. The first-order valence-corrected chi connectivity index (χ1v) is 6.64. The molecule has 0 bridgehead atoms. The van der Waals surface area contributed by atoms with Crippen LogP contribution in [-0.2, 0) is 0 Å². The van der Waals surface area contributed by atoms with Crippen LogP contribution in [0.4, 0.5) is 5.82 Å². The van der Waals surface area contributed by atoms with E-state index in [1.165, 1.54) is 0 Å². The van der Waals surface area contributed by atoms with Crippen molar-refractivity contribution in [3.63, 3.8) is 0 Å². The Kier molecular flexibility index (Phi) is 4.01. The average Bonchev–Trinajstić information content (AvgIpc) is 2.71. The predicted molar refractivity (Wildman–Crippen MR) is 73.1 cm³/mol. The molecule has 0 amide bonds. The Hall–Kier alpha value is -1.36. The fraction of sp³-hybridized carbons (Fsp3) is 0.583. The lowest BCUT2D eigenvalue weighted by atomic mass is 10.1. The van der Waals surface area contributed by atoms with Gasteiger partial charge >= 0.3 is 0 Å². The molecule has 2 aromatic heterocycles. The number of alkyl halides is 1. The van der Waals surface area contributed by atoms with Crippen molar-refractivity contribution in [3.8, 4) is 0 Å². The molecule has 5 nitrogen and oxygen atoms in total. The van der Waals surface area contributed by atoms with Crippen LogP contribution in [0, 0.1) is 12.8 Å². The van der Waals surface area contributed by atoms with Crippen molar-refractivity contribution in [3.05, 3.63) is 18.2 Å². The van der Waals surface area contributed by atoms with E-state index >= 15 is 0 Å². The molecule has 18 heavy (non-hydrogen) atoms. The van der Waals surface area contributed by atoms with Crippen molar-refractivity contribution in [2.75, 3.05) is 11.2 Å². The van der Waals surface area contributed by atoms with E-state index in [4.69, 9.17) is 11.6 Å². The Morgan fingerprint density at radius 1 is 1.39 bits per heavy atom. The first-order chi connectivity index (χ1) is 8.61. The molecule has 0 aliphatic heterocycles. The Bertz CT molecular complexity index is 522. The molecule has 0 spiro atoms. The van der Waals surface area contributed by atoms with E-state index in [2.05, 4.69) is 34.3 Å². The van der Waals surface area contributed by atoms with Gasteiger partial charge in [0, 0.05) is 24.3 Å². The van der Waals surface area contributed by atoms with Crippen molar-refractivity contribution >= 4 is 23.1 Å². The molecular weight excluding hydrogens is 250 g/mol. The summed E-state index contributed by atoms with van der Waals surface area (Å²) in [7, 11) is 0. The molecule has 2 heterocycles. The van der Waals surface area contributed by atoms with Crippen molar-refractivity contribution in [2.45, 2.75) is 33.2 Å². The molecular formula is C12H18ClN5. The number of hydrogen-bond donors (Lipinski definition) is 1. The number of hydrogen-bond acceptors (Lipinski definition) is 4. The fourth-order valence-corrected chi connectivity index (χ4v) is 2.17. The molecule has 6 heteroatoms. The Morgan fingerprint density at radius 3 is 2.83 bits per heavy atom. The molecule has 0 aromatic carbocycles. The van der Waals surface area contributed by atoms with Crippen molar-refractivity contribution in [2.24, 2.45) is 5.92 Å². The van der Waals surface area contributed by atoms with Crippen LogP contribution in [-0.4, -0.2) is 31.5 Å². The van der Waals surface area contributed by atoms with Gasteiger partial charge in [0.2, 0.25) is 5.65 Å². The molecule has 0 saturated heterocycles. The summed E-state index contributed by atoms with van der Waals surface area (Å²) in [5.41, 5.74) is 0.744. The van der Waals surface area contributed by atoms with Gasteiger partial charge in [0.1, 0.15) is 5.82 Å². The van der Waals surface area contributed by atoms with Gasteiger partial charge in [0.25, 0.3) is 0 Å². The number of fused-ring (bicyclic) bond motifs is 1. The number of aryl methyl sites for hydroxylation is 1. The van der Waals surface area contributed by atoms with Gasteiger partial charge in [-0.05, 0) is 19.3 Å². The van der Waals surface area contributed by atoms with E-state index < -0.39 is 0 Å². The first-order valence-electron chi connectivity index (χ1n) is 6.10. The van der Waals surface area contributed by atoms with Gasteiger partial charge in [0.05, 0.1) is 0 Å². The van der Waals surface area contributed by atoms with Crippen molar-refractivity contribution in [1.29, 1.82) is 0 Å². The van der Waals surface area contributed by atoms with E-state index in [9.17, 15) is 0 Å². The highest BCUT2D eigenvalue weighted by Gasteiger charge is 2.14. The van der Waals surface area contributed by atoms with Crippen LogP contribution < -0.4 is 5.32 Å². The second-order valence-corrected chi connectivity index (χ2v) is 5.15. The molecule has 0 radical (unpaired) electrons. The quantitative estimate of drug-likeness (QED) is 0.846. The maximum absolute atomic E-state index is 5.98. The summed E-state index contributed by atoms with van der Waals surface area (Å²) in [6, 6.07) is 0.197. The monoisotopic (exact) mass is 267 g/mol. The second kappa shape index (κ2) is 5.52. The maximum atomic E-state index is 5.98. The minimum atomic E-state index is 0.197. The van der Waals surface area contributed by atoms with Crippen molar-refractivity contribution < 1.29 is 0 Å². The SMILES string of the molecule is Cc1nnc2c(NC(CCl)CC(C)C)nccn12. The van der Waals surface area contributed by atoms with Crippen LogP contribution in [0.1, 0.15) is 26.1 Å². The summed E-state index contributed by atoms with van der Waals surface area (Å²) < 4.78 is 1.91. The fourth-order valence-electron chi connectivity index (χ4n) is 1.97. The molecule has 2 aromatic rings. The number of nitrogens with one attached hydrogen (secondary N) is 1. The normalized spacial score (nSPS) is 13.2. The number of halogens is 1. The summed E-state index contributed by atoms with van der Waals surface area (Å²) in [5.74, 6) is 2.72. The topological polar surface area (TPSA) is 55.1 Å². The van der Waals surface area contributed by atoms with Crippen molar-refractivity contribution in [1.82, 2.24) is 19.6 Å². The van der Waals surface area contributed by atoms with Crippen LogP contribution in [0.3, 0.4) is 0 Å². The predicted octanol–water partition coefficient (Wildman–Crippen LogP) is 2.50. The molecule has 0 fully saturated rings. The van der Waals surface area contributed by atoms with E-state index in [0.717, 1.165) is 23.7 Å². The number of rotatable bonds is 5. The van der Waals surface area contributed by atoms with Gasteiger partial charge in [-0.25, -0.2) is 4.98 Å². The molecule has 2 rings (SSSR count). The van der Waals surface area contributed by atoms with Gasteiger partial charge in [-0.1, -0.05) is 13.8 Å². The lowest BCUT2D eigenvalue weighted by molar-refractivity contribution is 0.541. The van der Waals surface area contributed by atoms with Crippen LogP contribution in [0.15, 0.2) is 12.4 Å². The Morgan fingerprint density at radius 2 is 2.17 bits per heavy atom. The number of aromatic nitrogens is 4. The van der Waals surface area contributed by atoms with Gasteiger partial charge in [-0.2, -0.15) is 0 Å². The van der Waals surface area contributed by atoms with Gasteiger partial charge in [-0.15, -0.1) is 21.8 Å². The lowest BCUT2D eigenvalue weighted by Gasteiger charge is -2.18. The second-order valence-electron chi connectivity index (χ2n) is 4.84. The molecule has 0 saturated carbocycles. The zero-order chi connectivity index (χ0) is 13.1. The Labute approximate surface area is 112 Å². The third kappa shape index (κ3) is 2.72. The third-order valence-electron chi connectivity index (χ3n) is 2.78. The zero-order valence-corrected chi connectivity index (χ0v) is 11.6. The summed E-state index contributed by atoms with van der Waals surface area (Å²) in [5, 5.41) is 11.5.